The van der Waals surface area contributed by atoms with Crippen LogP contribution in [0.2, 0.25) is 0 Å². The summed E-state index contributed by atoms with van der Waals surface area (Å²) in [6, 6.07) is 10.3. The molecule has 1 N–H and O–H groups in total. The maximum atomic E-state index is 4.64. The summed E-state index contributed by atoms with van der Waals surface area (Å²) >= 11 is 13.9. The molecule has 0 unspecified atom stereocenters. The zero-order valence-corrected chi connectivity index (χ0v) is 10.5. The van der Waals surface area contributed by atoms with Crippen molar-refractivity contribution >= 4 is 35.3 Å². The average Bonchev–Trinajstić information content (AvgIpc) is 2.71. The molecule has 1 heterocycles. The summed E-state index contributed by atoms with van der Waals surface area (Å²) in [6.07, 6.45) is 4.50. The monoisotopic (exact) mass is 277 g/mol. The predicted octanol–water partition coefficient (Wildman–Crippen LogP) is 3.75. The van der Waals surface area contributed by atoms with Crippen molar-refractivity contribution in [2.45, 2.75) is 6.42 Å². The zero-order chi connectivity index (χ0) is 11.8. The molecule has 0 aliphatic carbocycles. The standard InChI is InChI=1S/C10H10N2.Cl3N/c1-2-4-9(5-3-1)8-10-11-6-7-12-10;1-4(2)3/h1-7H,8H2,(H,11,12);. The first-order valence-electron chi connectivity index (χ1n) is 4.48. The van der Waals surface area contributed by atoms with Gasteiger partial charge in [0.25, 0.3) is 0 Å². The normalized spacial score (nSPS) is 9.75. The highest BCUT2D eigenvalue weighted by molar-refractivity contribution is 6.50. The smallest absolute Gasteiger partial charge is 0.110 e. The summed E-state index contributed by atoms with van der Waals surface area (Å²) in [5.41, 5.74) is 1.28. The van der Waals surface area contributed by atoms with Gasteiger partial charge in [-0.3, -0.25) is 0 Å². The Labute approximate surface area is 109 Å². The first-order chi connectivity index (χ1) is 7.68. The SMILES string of the molecule is ClN(Cl)Cl.c1ccc(Cc2ncc[nH]2)cc1. The molecule has 0 spiro atoms. The molecule has 0 bridgehead atoms. The Balaban J connectivity index is 0.000000280. The van der Waals surface area contributed by atoms with Gasteiger partial charge < -0.3 is 4.98 Å². The molecule has 0 aliphatic rings. The van der Waals surface area contributed by atoms with Gasteiger partial charge in [-0.05, 0) is 9.02 Å². The fourth-order valence-corrected chi connectivity index (χ4v) is 1.18. The summed E-state index contributed by atoms with van der Waals surface area (Å²) in [6.45, 7) is 0. The fourth-order valence-electron chi connectivity index (χ4n) is 1.18. The molecule has 1 aromatic heterocycles. The Kier molecular flexibility index (Phi) is 6.26. The molecule has 0 fully saturated rings. The molecule has 0 radical (unpaired) electrons. The lowest BCUT2D eigenvalue weighted by molar-refractivity contribution is 1.03. The van der Waals surface area contributed by atoms with E-state index < -0.39 is 0 Å². The Morgan fingerprint density at radius 3 is 2.25 bits per heavy atom. The number of H-pyrrole nitrogens is 1. The maximum Gasteiger partial charge on any atom is 0.110 e. The lowest BCUT2D eigenvalue weighted by Crippen LogP contribution is -1.89. The first-order valence-corrected chi connectivity index (χ1v) is 5.49. The Morgan fingerprint density at radius 1 is 1.12 bits per heavy atom. The second-order valence-corrected chi connectivity index (χ2v) is 4.42. The van der Waals surface area contributed by atoms with Crippen molar-refractivity contribution in [3.05, 3.63) is 54.1 Å². The zero-order valence-electron chi connectivity index (χ0n) is 8.28. The van der Waals surface area contributed by atoms with E-state index in [1.807, 2.05) is 24.4 Å². The van der Waals surface area contributed by atoms with Crippen LogP contribution in [-0.2, 0) is 6.42 Å². The molecule has 0 atom stereocenters. The van der Waals surface area contributed by atoms with Crippen LogP contribution in [0.5, 0.6) is 0 Å². The summed E-state index contributed by atoms with van der Waals surface area (Å²) in [5.74, 6) is 1.02. The first kappa shape index (κ1) is 13.3. The number of hydrogen-bond donors (Lipinski definition) is 1. The van der Waals surface area contributed by atoms with Gasteiger partial charge in [0.1, 0.15) is 5.82 Å². The van der Waals surface area contributed by atoms with Crippen molar-refractivity contribution in [1.82, 2.24) is 13.4 Å². The van der Waals surface area contributed by atoms with Crippen LogP contribution in [0.1, 0.15) is 11.4 Å². The molecule has 0 aliphatic heterocycles. The number of halogens is 3. The van der Waals surface area contributed by atoms with Gasteiger partial charge >= 0.3 is 0 Å². The van der Waals surface area contributed by atoms with Crippen molar-refractivity contribution < 1.29 is 0 Å². The number of nitrogens with one attached hydrogen (secondary N) is 1. The van der Waals surface area contributed by atoms with Gasteiger partial charge in [0, 0.05) is 54.1 Å². The lowest BCUT2D eigenvalue weighted by atomic mass is 10.1. The molecule has 3 nitrogen and oxygen atoms in total. The van der Waals surface area contributed by atoms with Gasteiger partial charge in [0.2, 0.25) is 0 Å². The van der Waals surface area contributed by atoms with Crippen LogP contribution >= 0.6 is 35.3 Å². The van der Waals surface area contributed by atoms with E-state index in [1.165, 1.54) is 5.56 Å². The van der Waals surface area contributed by atoms with Crippen LogP contribution in [-0.4, -0.2) is 13.4 Å². The van der Waals surface area contributed by atoms with Crippen LogP contribution < -0.4 is 0 Å². The molecule has 2 aromatic rings. The average molecular weight is 279 g/mol. The van der Waals surface area contributed by atoms with E-state index in [1.54, 1.807) is 6.20 Å². The number of aromatic nitrogens is 2. The molecule has 0 saturated heterocycles. The van der Waals surface area contributed by atoms with E-state index in [9.17, 15) is 0 Å². The van der Waals surface area contributed by atoms with Crippen molar-refractivity contribution in [3.63, 3.8) is 0 Å². The topological polar surface area (TPSA) is 31.9 Å². The van der Waals surface area contributed by atoms with Gasteiger partial charge in [0.05, 0.1) is 0 Å². The van der Waals surface area contributed by atoms with E-state index in [2.05, 4.69) is 57.4 Å². The fraction of sp³-hybridized carbons (Fsp3) is 0.100. The van der Waals surface area contributed by atoms with Gasteiger partial charge in [0.15, 0.2) is 0 Å². The molecular weight excluding hydrogens is 268 g/mol. The Hall–Kier alpha value is -0.740. The van der Waals surface area contributed by atoms with Gasteiger partial charge in [-0.15, -0.1) is 0 Å². The third-order valence-corrected chi connectivity index (χ3v) is 1.77. The predicted molar refractivity (Wildman–Crippen MR) is 67.2 cm³/mol. The highest BCUT2D eigenvalue weighted by Gasteiger charge is 1.95. The number of benzene rings is 1. The van der Waals surface area contributed by atoms with E-state index in [4.69, 9.17) is 0 Å². The number of rotatable bonds is 2. The minimum absolute atomic E-state index is 0.417. The van der Waals surface area contributed by atoms with Gasteiger partial charge in [-0.1, -0.05) is 30.3 Å². The minimum atomic E-state index is 0.417. The molecule has 1 aromatic carbocycles. The second kappa shape index (κ2) is 7.52. The number of nitrogens with zero attached hydrogens (tertiary/aromatic N) is 2. The molecule has 0 amide bonds. The Bertz CT molecular complexity index is 373. The van der Waals surface area contributed by atoms with Crippen LogP contribution in [0.15, 0.2) is 42.7 Å². The highest BCUT2D eigenvalue weighted by atomic mass is 35.6. The number of imidazole rings is 1. The third kappa shape index (κ3) is 5.98. The molecule has 16 heavy (non-hydrogen) atoms. The third-order valence-electron chi connectivity index (χ3n) is 1.77. The highest BCUT2D eigenvalue weighted by Crippen LogP contribution is 2.03. The molecule has 6 heteroatoms. The van der Waals surface area contributed by atoms with Crippen molar-refractivity contribution in [1.29, 1.82) is 0 Å². The molecule has 2 rings (SSSR count). The van der Waals surface area contributed by atoms with E-state index in [0.29, 0.717) is 3.46 Å². The molecule has 0 saturated carbocycles. The largest absolute Gasteiger partial charge is 0.348 e. The second-order valence-electron chi connectivity index (χ2n) is 2.89. The van der Waals surface area contributed by atoms with Gasteiger partial charge in [-0.25, -0.2) is 4.98 Å². The van der Waals surface area contributed by atoms with E-state index in [0.717, 1.165) is 12.2 Å². The number of hydrogen-bond acceptors (Lipinski definition) is 2. The summed E-state index contributed by atoms with van der Waals surface area (Å²) in [4.78, 5) is 7.23. The van der Waals surface area contributed by atoms with Crippen molar-refractivity contribution in [2.75, 3.05) is 0 Å². The lowest BCUT2D eigenvalue weighted by Gasteiger charge is -1.95. The Morgan fingerprint density at radius 2 is 1.75 bits per heavy atom. The van der Waals surface area contributed by atoms with Crippen LogP contribution in [0, 0.1) is 0 Å². The quantitative estimate of drug-likeness (QED) is 0.849. The van der Waals surface area contributed by atoms with E-state index >= 15 is 0 Å². The van der Waals surface area contributed by atoms with Crippen LogP contribution in [0.25, 0.3) is 0 Å². The maximum absolute atomic E-state index is 4.64. The van der Waals surface area contributed by atoms with Crippen LogP contribution in [0.3, 0.4) is 0 Å². The summed E-state index contributed by atoms with van der Waals surface area (Å²) < 4.78 is 0.417. The summed E-state index contributed by atoms with van der Waals surface area (Å²) in [5, 5.41) is 0. The van der Waals surface area contributed by atoms with Gasteiger partial charge in [-0.2, -0.15) is 0 Å². The molecular formula is C10H10Cl3N3. The summed E-state index contributed by atoms with van der Waals surface area (Å²) in [7, 11) is 0. The van der Waals surface area contributed by atoms with Crippen molar-refractivity contribution in [2.24, 2.45) is 0 Å². The molecule has 86 valence electrons. The van der Waals surface area contributed by atoms with E-state index in [-0.39, 0.29) is 0 Å². The van der Waals surface area contributed by atoms with Crippen molar-refractivity contribution in [3.8, 4) is 0 Å². The number of aromatic amines is 1. The minimum Gasteiger partial charge on any atom is -0.348 e. The van der Waals surface area contributed by atoms with Crippen LogP contribution in [0.4, 0.5) is 0 Å².